The van der Waals surface area contributed by atoms with Crippen molar-refractivity contribution >= 4 is 11.9 Å². The number of carbonyl (C=O) groups is 2. The molecular weight excluding hydrogens is 328 g/mol. The van der Waals surface area contributed by atoms with Gasteiger partial charge in [-0.25, -0.2) is 19.6 Å². The summed E-state index contributed by atoms with van der Waals surface area (Å²) in [6.07, 6.45) is 2.43. The summed E-state index contributed by atoms with van der Waals surface area (Å²) in [5, 5.41) is 0. The zero-order chi connectivity index (χ0) is 18.4. The fraction of sp³-hybridized carbons (Fsp3) is 0.294. The zero-order valence-electron chi connectivity index (χ0n) is 14.3. The van der Waals surface area contributed by atoms with Gasteiger partial charge >= 0.3 is 11.9 Å². The van der Waals surface area contributed by atoms with Crippen molar-refractivity contribution in [2.45, 2.75) is 20.0 Å². The van der Waals surface area contributed by atoms with Crippen LogP contribution < -0.4 is 9.47 Å². The van der Waals surface area contributed by atoms with Gasteiger partial charge in [-0.1, -0.05) is 0 Å². The predicted octanol–water partition coefficient (Wildman–Crippen LogP) is 2.63. The van der Waals surface area contributed by atoms with Crippen molar-refractivity contribution in [1.82, 2.24) is 9.97 Å². The molecule has 0 radical (unpaired) electrons. The van der Waals surface area contributed by atoms with Gasteiger partial charge < -0.3 is 18.9 Å². The Morgan fingerprint density at radius 2 is 1.60 bits per heavy atom. The van der Waals surface area contributed by atoms with Gasteiger partial charge in [0.1, 0.15) is 11.5 Å². The van der Waals surface area contributed by atoms with Gasteiger partial charge in [-0.05, 0) is 26.0 Å². The molecule has 0 atom stereocenters. The molecule has 0 unspecified atom stereocenters. The van der Waals surface area contributed by atoms with Gasteiger partial charge in [0, 0.05) is 6.07 Å². The second-order valence-corrected chi connectivity index (χ2v) is 5.18. The number of ether oxygens (including phenoxy) is 4. The van der Waals surface area contributed by atoms with Crippen LogP contribution in [0.2, 0.25) is 0 Å². The topological polar surface area (TPSA) is 96.8 Å². The molecule has 0 fully saturated rings. The van der Waals surface area contributed by atoms with Gasteiger partial charge in [-0.15, -0.1) is 0 Å². The van der Waals surface area contributed by atoms with E-state index in [0.29, 0.717) is 11.5 Å². The molecule has 1 heterocycles. The molecule has 1 aromatic heterocycles. The van der Waals surface area contributed by atoms with Crippen molar-refractivity contribution in [2.24, 2.45) is 0 Å². The van der Waals surface area contributed by atoms with Gasteiger partial charge in [0.15, 0.2) is 5.69 Å². The first kappa shape index (κ1) is 18.2. The Balaban J connectivity index is 2.27. The van der Waals surface area contributed by atoms with Crippen LogP contribution in [-0.2, 0) is 9.47 Å². The van der Waals surface area contributed by atoms with E-state index in [-0.39, 0.29) is 23.2 Å². The summed E-state index contributed by atoms with van der Waals surface area (Å²) in [5.41, 5.74) is 0.330. The third-order valence-corrected chi connectivity index (χ3v) is 2.92. The Hall–Kier alpha value is -3.16. The molecule has 0 spiro atoms. The first-order valence-corrected chi connectivity index (χ1v) is 7.41. The monoisotopic (exact) mass is 346 g/mol. The average Bonchev–Trinajstić information content (AvgIpc) is 2.60. The van der Waals surface area contributed by atoms with Crippen LogP contribution in [0, 0.1) is 0 Å². The van der Waals surface area contributed by atoms with E-state index in [1.165, 1.54) is 32.7 Å². The van der Waals surface area contributed by atoms with Crippen LogP contribution in [0.3, 0.4) is 0 Å². The molecule has 8 nitrogen and oxygen atoms in total. The van der Waals surface area contributed by atoms with Gasteiger partial charge in [-0.3, -0.25) is 0 Å². The fourth-order valence-electron chi connectivity index (χ4n) is 1.91. The lowest BCUT2D eigenvalue weighted by molar-refractivity contribution is 0.0587. The third kappa shape index (κ3) is 4.90. The summed E-state index contributed by atoms with van der Waals surface area (Å²) >= 11 is 0. The molecule has 8 heteroatoms. The Morgan fingerprint density at radius 1 is 0.920 bits per heavy atom. The molecule has 0 aliphatic rings. The van der Waals surface area contributed by atoms with Crippen LogP contribution in [0.1, 0.15) is 34.7 Å². The highest BCUT2D eigenvalue weighted by Gasteiger charge is 2.13. The summed E-state index contributed by atoms with van der Waals surface area (Å²) in [6, 6.07) is 4.67. The van der Waals surface area contributed by atoms with E-state index in [1.807, 2.05) is 13.8 Å². The molecule has 0 bridgehead atoms. The quantitative estimate of drug-likeness (QED) is 0.736. The lowest BCUT2D eigenvalue weighted by Gasteiger charge is -2.13. The summed E-state index contributed by atoms with van der Waals surface area (Å²) in [6.45, 7) is 3.73. The normalized spacial score (nSPS) is 10.3. The summed E-state index contributed by atoms with van der Waals surface area (Å²) in [7, 11) is 2.54. The minimum absolute atomic E-state index is 0.0574. The van der Waals surface area contributed by atoms with E-state index in [0.717, 1.165) is 0 Å². The van der Waals surface area contributed by atoms with Crippen LogP contribution in [0.5, 0.6) is 17.4 Å². The van der Waals surface area contributed by atoms with E-state index in [9.17, 15) is 9.59 Å². The lowest BCUT2D eigenvalue weighted by atomic mass is 10.2. The summed E-state index contributed by atoms with van der Waals surface area (Å²) < 4.78 is 20.5. The van der Waals surface area contributed by atoms with Gasteiger partial charge in [-0.2, -0.15) is 0 Å². The van der Waals surface area contributed by atoms with Crippen LogP contribution in [0.15, 0.2) is 30.6 Å². The van der Waals surface area contributed by atoms with E-state index in [1.54, 1.807) is 12.1 Å². The first-order chi connectivity index (χ1) is 11.9. The number of methoxy groups -OCH3 is 2. The number of nitrogens with zero attached hydrogens (tertiary/aromatic N) is 2. The highest BCUT2D eigenvalue weighted by molar-refractivity contribution is 5.90. The maximum Gasteiger partial charge on any atom is 0.358 e. The van der Waals surface area contributed by atoms with Crippen LogP contribution in [0.25, 0.3) is 0 Å². The SMILES string of the molecule is COC(=O)c1cc(Oc2cnc(C(=O)OC)cn2)cc(OC(C)C)c1. The molecule has 2 aromatic rings. The van der Waals surface area contributed by atoms with Crippen molar-refractivity contribution in [1.29, 1.82) is 0 Å². The fourth-order valence-corrected chi connectivity index (χ4v) is 1.91. The molecule has 0 aliphatic carbocycles. The second-order valence-electron chi connectivity index (χ2n) is 5.18. The average molecular weight is 346 g/mol. The third-order valence-electron chi connectivity index (χ3n) is 2.92. The zero-order valence-corrected chi connectivity index (χ0v) is 14.3. The first-order valence-electron chi connectivity index (χ1n) is 7.41. The van der Waals surface area contributed by atoms with Crippen LogP contribution >= 0.6 is 0 Å². The van der Waals surface area contributed by atoms with E-state index in [2.05, 4.69) is 14.7 Å². The highest BCUT2D eigenvalue weighted by atomic mass is 16.5. The summed E-state index contributed by atoms with van der Waals surface area (Å²) in [4.78, 5) is 31.0. The van der Waals surface area contributed by atoms with Crippen LogP contribution in [0.4, 0.5) is 0 Å². The molecule has 0 saturated heterocycles. The van der Waals surface area contributed by atoms with Crippen molar-refractivity contribution < 1.29 is 28.5 Å². The van der Waals surface area contributed by atoms with Crippen molar-refractivity contribution in [3.63, 3.8) is 0 Å². The smallest absolute Gasteiger partial charge is 0.358 e. The molecule has 0 aliphatic heterocycles. The number of esters is 2. The Bertz CT molecular complexity index is 758. The molecule has 2 rings (SSSR count). The minimum Gasteiger partial charge on any atom is -0.491 e. The molecule has 1 aromatic carbocycles. The van der Waals surface area contributed by atoms with Gasteiger partial charge in [0.2, 0.25) is 5.88 Å². The summed E-state index contributed by atoms with van der Waals surface area (Å²) in [5.74, 6) is -0.207. The number of rotatable bonds is 6. The van der Waals surface area contributed by atoms with E-state index >= 15 is 0 Å². The standard InChI is InChI=1S/C17H18N2O6/c1-10(2)24-12-5-11(16(20)22-3)6-13(7-12)25-15-9-18-14(8-19-15)17(21)23-4/h5-10H,1-4H3. The van der Waals surface area contributed by atoms with Crippen molar-refractivity contribution in [3.05, 3.63) is 41.9 Å². The molecule has 25 heavy (non-hydrogen) atoms. The van der Waals surface area contributed by atoms with E-state index in [4.69, 9.17) is 14.2 Å². The molecule has 0 amide bonds. The number of hydrogen-bond donors (Lipinski definition) is 0. The van der Waals surface area contributed by atoms with E-state index < -0.39 is 11.9 Å². The predicted molar refractivity (Wildman–Crippen MR) is 87.0 cm³/mol. The maximum atomic E-state index is 11.8. The lowest BCUT2D eigenvalue weighted by Crippen LogP contribution is -2.08. The Kier molecular flexibility index (Phi) is 5.89. The van der Waals surface area contributed by atoms with Gasteiger partial charge in [0.25, 0.3) is 0 Å². The number of benzene rings is 1. The second kappa shape index (κ2) is 8.09. The van der Waals surface area contributed by atoms with Gasteiger partial charge in [0.05, 0.1) is 38.3 Å². The largest absolute Gasteiger partial charge is 0.491 e. The molecule has 0 N–H and O–H groups in total. The maximum absolute atomic E-state index is 11.8. The minimum atomic E-state index is -0.598. The Morgan fingerprint density at radius 3 is 2.16 bits per heavy atom. The molecular formula is C17H18N2O6. The number of hydrogen-bond acceptors (Lipinski definition) is 8. The molecule has 0 saturated carbocycles. The van der Waals surface area contributed by atoms with Crippen molar-refractivity contribution in [2.75, 3.05) is 14.2 Å². The highest BCUT2D eigenvalue weighted by Crippen LogP contribution is 2.27. The van der Waals surface area contributed by atoms with Crippen molar-refractivity contribution in [3.8, 4) is 17.4 Å². The van der Waals surface area contributed by atoms with Crippen LogP contribution in [-0.4, -0.2) is 42.2 Å². The Labute approximate surface area is 144 Å². The molecule has 132 valence electrons. The number of carbonyl (C=O) groups excluding carboxylic acids is 2. The number of aromatic nitrogens is 2.